The van der Waals surface area contributed by atoms with Crippen molar-refractivity contribution < 1.29 is 23.1 Å². The molecular formula is C16H13F2NO3. The summed E-state index contributed by atoms with van der Waals surface area (Å²) in [6.07, 6.45) is 0. The van der Waals surface area contributed by atoms with E-state index in [9.17, 15) is 18.4 Å². The van der Waals surface area contributed by atoms with Crippen LogP contribution in [0.2, 0.25) is 0 Å². The minimum atomic E-state index is -0.941. The highest BCUT2D eigenvalue weighted by Crippen LogP contribution is 2.17. The lowest BCUT2D eigenvalue weighted by Gasteiger charge is -2.09. The largest absolute Gasteiger partial charge is 0.452 e. The van der Waals surface area contributed by atoms with Crippen molar-refractivity contribution in [3.05, 3.63) is 65.2 Å². The van der Waals surface area contributed by atoms with E-state index in [2.05, 4.69) is 5.32 Å². The first kappa shape index (κ1) is 15.6. The fourth-order valence-corrected chi connectivity index (χ4v) is 1.76. The third kappa shape index (κ3) is 3.66. The number of rotatable bonds is 4. The van der Waals surface area contributed by atoms with E-state index in [0.717, 1.165) is 6.07 Å². The number of nitrogens with one attached hydrogen (secondary N) is 1. The van der Waals surface area contributed by atoms with Gasteiger partial charge in [0.05, 0.1) is 5.56 Å². The predicted octanol–water partition coefficient (Wildman–Crippen LogP) is 3.07. The maximum atomic E-state index is 13.4. The number of anilines is 1. The minimum absolute atomic E-state index is 0.253. The third-order valence-corrected chi connectivity index (χ3v) is 2.97. The van der Waals surface area contributed by atoms with Crippen LogP contribution >= 0.6 is 0 Å². The van der Waals surface area contributed by atoms with Crippen molar-refractivity contribution in [1.82, 2.24) is 0 Å². The summed E-state index contributed by atoms with van der Waals surface area (Å²) in [7, 11) is 0. The van der Waals surface area contributed by atoms with Crippen LogP contribution in [0, 0.1) is 18.6 Å². The number of halogens is 2. The molecule has 0 bridgehead atoms. The number of carbonyl (C=O) groups excluding carboxylic acids is 2. The van der Waals surface area contributed by atoms with Crippen molar-refractivity contribution in [2.75, 3.05) is 11.9 Å². The summed E-state index contributed by atoms with van der Waals surface area (Å²) in [5, 5.41) is 2.42. The van der Waals surface area contributed by atoms with Crippen molar-refractivity contribution >= 4 is 17.6 Å². The second kappa shape index (κ2) is 6.80. The van der Waals surface area contributed by atoms with Gasteiger partial charge in [-0.1, -0.05) is 18.2 Å². The molecule has 1 amide bonds. The lowest BCUT2D eigenvalue weighted by Crippen LogP contribution is -2.21. The molecule has 0 unspecified atom stereocenters. The molecule has 0 atom stereocenters. The number of hydrogen-bond acceptors (Lipinski definition) is 3. The Kier molecular flexibility index (Phi) is 4.83. The van der Waals surface area contributed by atoms with Gasteiger partial charge in [0.1, 0.15) is 11.6 Å². The molecule has 0 saturated heterocycles. The SMILES string of the molecule is Cc1c(F)cccc1NC(=O)COC(=O)c1ccccc1F. The average Bonchev–Trinajstić information content (AvgIpc) is 2.50. The van der Waals surface area contributed by atoms with Gasteiger partial charge in [0.2, 0.25) is 0 Å². The number of carbonyl (C=O) groups is 2. The van der Waals surface area contributed by atoms with Gasteiger partial charge in [-0.2, -0.15) is 0 Å². The van der Waals surface area contributed by atoms with Gasteiger partial charge in [0, 0.05) is 11.3 Å². The molecule has 0 saturated carbocycles. The van der Waals surface area contributed by atoms with Crippen LogP contribution in [-0.2, 0) is 9.53 Å². The Morgan fingerprint density at radius 2 is 1.73 bits per heavy atom. The normalized spacial score (nSPS) is 10.1. The summed E-state index contributed by atoms with van der Waals surface area (Å²) in [6.45, 7) is 0.916. The van der Waals surface area contributed by atoms with Crippen LogP contribution in [0.1, 0.15) is 15.9 Å². The second-order valence-corrected chi connectivity index (χ2v) is 4.52. The molecule has 0 aliphatic rings. The Balaban J connectivity index is 1.95. The molecule has 2 aromatic carbocycles. The minimum Gasteiger partial charge on any atom is -0.452 e. The number of ether oxygens (including phenoxy) is 1. The number of benzene rings is 2. The van der Waals surface area contributed by atoms with E-state index in [1.807, 2.05) is 0 Å². The molecule has 0 aliphatic heterocycles. The smallest absolute Gasteiger partial charge is 0.341 e. The van der Waals surface area contributed by atoms with Crippen LogP contribution < -0.4 is 5.32 Å². The molecule has 0 heterocycles. The monoisotopic (exact) mass is 305 g/mol. The maximum absolute atomic E-state index is 13.4. The molecule has 1 N–H and O–H groups in total. The van der Waals surface area contributed by atoms with E-state index < -0.39 is 30.1 Å². The lowest BCUT2D eigenvalue weighted by atomic mass is 10.2. The van der Waals surface area contributed by atoms with E-state index in [-0.39, 0.29) is 16.8 Å². The topological polar surface area (TPSA) is 55.4 Å². The molecule has 0 spiro atoms. The Hall–Kier alpha value is -2.76. The summed E-state index contributed by atoms with van der Waals surface area (Å²) in [5.74, 6) is -2.77. The van der Waals surface area contributed by atoms with Gasteiger partial charge in [-0.15, -0.1) is 0 Å². The van der Waals surface area contributed by atoms with E-state index in [4.69, 9.17) is 4.74 Å². The van der Waals surface area contributed by atoms with Gasteiger partial charge in [0.25, 0.3) is 5.91 Å². The van der Waals surface area contributed by atoms with Gasteiger partial charge in [0.15, 0.2) is 6.61 Å². The highest BCUT2D eigenvalue weighted by atomic mass is 19.1. The van der Waals surface area contributed by atoms with Crippen molar-refractivity contribution in [2.24, 2.45) is 0 Å². The van der Waals surface area contributed by atoms with Crippen molar-refractivity contribution in [1.29, 1.82) is 0 Å². The lowest BCUT2D eigenvalue weighted by molar-refractivity contribution is -0.119. The average molecular weight is 305 g/mol. The molecular weight excluding hydrogens is 292 g/mol. The zero-order chi connectivity index (χ0) is 16.1. The summed E-state index contributed by atoms with van der Waals surface area (Å²) < 4.78 is 31.4. The predicted molar refractivity (Wildman–Crippen MR) is 76.4 cm³/mol. The second-order valence-electron chi connectivity index (χ2n) is 4.52. The fourth-order valence-electron chi connectivity index (χ4n) is 1.76. The van der Waals surface area contributed by atoms with Crippen LogP contribution in [-0.4, -0.2) is 18.5 Å². The van der Waals surface area contributed by atoms with Crippen molar-refractivity contribution in [3.8, 4) is 0 Å². The summed E-state index contributed by atoms with van der Waals surface area (Å²) in [4.78, 5) is 23.3. The van der Waals surface area contributed by atoms with E-state index in [0.29, 0.717) is 0 Å². The van der Waals surface area contributed by atoms with Gasteiger partial charge in [-0.25, -0.2) is 13.6 Å². The molecule has 0 aliphatic carbocycles. The standard InChI is InChI=1S/C16H13F2NO3/c1-10-12(17)7-4-8-14(10)19-15(20)9-22-16(21)11-5-2-3-6-13(11)18/h2-8H,9H2,1H3,(H,19,20). The molecule has 0 aromatic heterocycles. The molecule has 114 valence electrons. The fraction of sp³-hybridized carbons (Fsp3) is 0.125. The first-order valence-electron chi connectivity index (χ1n) is 6.45. The Labute approximate surface area is 125 Å². The Morgan fingerprint density at radius 1 is 1.05 bits per heavy atom. The molecule has 0 fully saturated rings. The van der Waals surface area contributed by atoms with Crippen LogP contribution in [0.25, 0.3) is 0 Å². The molecule has 6 heteroatoms. The van der Waals surface area contributed by atoms with Crippen molar-refractivity contribution in [2.45, 2.75) is 6.92 Å². The van der Waals surface area contributed by atoms with Crippen LogP contribution in [0.15, 0.2) is 42.5 Å². The van der Waals surface area contributed by atoms with Crippen LogP contribution in [0.5, 0.6) is 0 Å². The van der Waals surface area contributed by atoms with Gasteiger partial charge in [-0.05, 0) is 31.2 Å². The number of hydrogen-bond donors (Lipinski definition) is 1. The Morgan fingerprint density at radius 3 is 2.45 bits per heavy atom. The first-order valence-corrected chi connectivity index (χ1v) is 6.45. The zero-order valence-corrected chi connectivity index (χ0v) is 11.7. The van der Waals surface area contributed by atoms with Gasteiger partial charge >= 0.3 is 5.97 Å². The van der Waals surface area contributed by atoms with E-state index >= 15 is 0 Å². The zero-order valence-electron chi connectivity index (χ0n) is 11.7. The van der Waals surface area contributed by atoms with Crippen molar-refractivity contribution in [3.63, 3.8) is 0 Å². The number of esters is 1. The molecule has 2 aromatic rings. The van der Waals surface area contributed by atoms with Crippen LogP contribution in [0.3, 0.4) is 0 Å². The summed E-state index contributed by atoms with van der Waals surface area (Å²) >= 11 is 0. The van der Waals surface area contributed by atoms with Crippen LogP contribution in [0.4, 0.5) is 14.5 Å². The summed E-state index contributed by atoms with van der Waals surface area (Å²) in [5.41, 5.74) is 0.306. The molecule has 2 rings (SSSR count). The highest BCUT2D eigenvalue weighted by molar-refractivity contribution is 5.96. The van der Waals surface area contributed by atoms with E-state index in [1.54, 1.807) is 0 Å². The maximum Gasteiger partial charge on any atom is 0.341 e. The highest BCUT2D eigenvalue weighted by Gasteiger charge is 2.14. The van der Waals surface area contributed by atoms with Gasteiger partial charge in [-0.3, -0.25) is 4.79 Å². The number of amides is 1. The molecule has 4 nitrogen and oxygen atoms in total. The quantitative estimate of drug-likeness (QED) is 0.883. The van der Waals surface area contributed by atoms with Gasteiger partial charge < -0.3 is 10.1 Å². The first-order chi connectivity index (χ1) is 10.5. The molecule has 22 heavy (non-hydrogen) atoms. The Bertz CT molecular complexity index is 716. The molecule has 0 radical (unpaired) electrons. The van der Waals surface area contributed by atoms with E-state index in [1.165, 1.54) is 43.3 Å². The summed E-state index contributed by atoms with van der Waals surface area (Å²) in [6, 6.07) is 9.53. The third-order valence-electron chi connectivity index (χ3n) is 2.97.